The van der Waals surface area contributed by atoms with E-state index >= 15 is 0 Å². The van der Waals surface area contributed by atoms with Crippen molar-refractivity contribution >= 4 is 0 Å². The summed E-state index contributed by atoms with van der Waals surface area (Å²) in [7, 11) is 1.67. The molecule has 1 aliphatic rings. The quantitative estimate of drug-likeness (QED) is 0.768. The highest BCUT2D eigenvalue weighted by Crippen LogP contribution is 2.50. The molecule has 1 unspecified atom stereocenters. The van der Waals surface area contributed by atoms with Crippen LogP contribution in [0, 0.1) is 0 Å². The van der Waals surface area contributed by atoms with Gasteiger partial charge in [-0.05, 0) is 37.5 Å². The Labute approximate surface area is 103 Å². The molecular formula is C14H21NO2. The third kappa shape index (κ3) is 2.61. The largest absolute Gasteiger partial charge is 0.491 e. The first kappa shape index (κ1) is 12.4. The lowest BCUT2D eigenvalue weighted by Gasteiger charge is -2.20. The van der Waals surface area contributed by atoms with Gasteiger partial charge in [0.2, 0.25) is 0 Å². The van der Waals surface area contributed by atoms with E-state index in [9.17, 15) is 0 Å². The van der Waals surface area contributed by atoms with Crippen LogP contribution in [0.3, 0.4) is 0 Å². The van der Waals surface area contributed by atoms with Gasteiger partial charge >= 0.3 is 0 Å². The fourth-order valence-electron chi connectivity index (χ4n) is 2.27. The molecule has 94 valence electrons. The Morgan fingerprint density at radius 1 is 1.24 bits per heavy atom. The molecule has 1 aromatic rings. The van der Waals surface area contributed by atoms with E-state index in [1.807, 2.05) is 12.1 Å². The molecule has 0 spiro atoms. The summed E-state index contributed by atoms with van der Waals surface area (Å²) >= 11 is 0. The third-order valence-corrected chi connectivity index (χ3v) is 3.65. The maximum Gasteiger partial charge on any atom is 0.119 e. The van der Waals surface area contributed by atoms with Crippen molar-refractivity contribution in [2.24, 2.45) is 5.73 Å². The number of nitrogens with two attached hydrogens (primary N) is 1. The second kappa shape index (κ2) is 5.07. The molecule has 3 nitrogen and oxygen atoms in total. The van der Waals surface area contributed by atoms with Crippen molar-refractivity contribution in [1.29, 1.82) is 0 Å². The van der Waals surface area contributed by atoms with Gasteiger partial charge < -0.3 is 15.2 Å². The number of hydrogen-bond acceptors (Lipinski definition) is 3. The predicted octanol–water partition coefficient (Wildman–Crippen LogP) is 2.09. The van der Waals surface area contributed by atoms with Crippen LogP contribution in [-0.2, 0) is 10.2 Å². The summed E-state index contributed by atoms with van der Waals surface area (Å²) in [4.78, 5) is 0. The van der Waals surface area contributed by atoms with Crippen molar-refractivity contribution in [1.82, 2.24) is 0 Å². The van der Waals surface area contributed by atoms with Gasteiger partial charge in [0.1, 0.15) is 12.4 Å². The number of ether oxygens (including phenoxy) is 2. The maximum absolute atomic E-state index is 6.05. The Hall–Kier alpha value is -1.06. The highest BCUT2D eigenvalue weighted by atomic mass is 16.5. The summed E-state index contributed by atoms with van der Waals surface area (Å²) < 4.78 is 10.5. The van der Waals surface area contributed by atoms with Crippen molar-refractivity contribution < 1.29 is 9.47 Å². The van der Waals surface area contributed by atoms with E-state index in [1.54, 1.807) is 7.11 Å². The second-order valence-electron chi connectivity index (χ2n) is 4.81. The smallest absolute Gasteiger partial charge is 0.119 e. The Balaban J connectivity index is 1.99. The number of benzene rings is 1. The Morgan fingerprint density at radius 3 is 2.35 bits per heavy atom. The van der Waals surface area contributed by atoms with E-state index in [1.165, 1.54) is 18.4 Å². The topological polar surface area (TPSA) is 44.5 Å². The molecule has 1 fully saturated rings. The Bertz CT molecular complexity index is 355. The van der Waals surface area contributed by atoms with Crippen LogP contribution in [0.5, 0.6) is 5.75 Å². The lowest BCUT2D eigenvalue weighted by atomic mass is 9.89. The number of methoxy groups -OCH3 is 1. The van der Waals surface area contributed by atoms with Crippen LogP contribution < -0.4 is 10.5 Å². The highest BCUT2D eigenvalue weighted by molar-refractivity contribution is 5.37. The fourth-order valence-corrected chi connectivity index (χ4v) is 2.27. The van der Waals surface area contributed by atoms with Crippen molar-refractivity contribution in [3.8, 4) is 5.75 Å². The monoisotopic (exact) mass is 235 g/mol. The molecule has 3 heteroatoms. The van der Waals surface area contributed by atoms with Gasteiger partial charge in [0.25, 0.3) is 0 Å². The molecule has 0 bridgehead atoms. The fraction of sp³-hybridized carbons (Fsp3) is 0.571. The standard InChI is InChI=1S/C14H21NO2/c1-11(15)14(7-8-14)12-3-5-13(6-4-12)17-10-9-16-2/h3-6,11H,7-10,15H2,1-2H3. The summed E-state index contributed by atoms with van der Waals surface area (Å²) in [5.41, 5.74) is 7.62. The van der Waals surface area contributed by atoms with Gasteiger partial charge in [0, 0.05) is 18.6 Å². The van der Waals surface area contributed by atoms with E-state index < -0.39 is 0 Å². The molecule has 1 aliphatic carbocycles. The number of rotatable bonds is 6. The van der Waals surface area contributed by atoms with E-state index in [2.05, 4.69) is 19.1 Å². The molecule has 0 aliphatic heterocycles. The summed E-state index contributed by atoms with van der Waals surface area (Å²) in [5.74, 6) is 0.895. The van der Waals surface area contributed by atoms with Crippen LogP contribution in [0.15, 0.2) is 24.3 Å². The average Bonchev–Trinajstić information content (AvgIpc) is 3.11. The zero-order valence-corrected chi connectivity index (χ0v) is 10.6. The molecule has 2 rings (SSSR count). The molecular weight excluding hydrogens is 214 g/mol. The number of hydrogen-bond donors (Lipinski definition) is 1. The van der Waals surface area contributed by atoms with E-state index in [0.717, 1.165) is 5.75 Å². The minimum atomic E-state index is 0.225. The van der Waals surface area contributed by atoms with Crippen molar-refractivity contribution in [3.05, 3.63) is 29.8 Å². The van der Waals surface area contributed by atoms with Crippen LogP contribution in [0.2, 0.25) is 0 Å². The molecule has 0 heterocycles. The Morgan fingerprint density at radius 2 is 1.88 bits per heavy atom. The van der Waals surface area contributed by atoms with Gasteiger partial charge in [-0.2, -0.15) is 0 Å². The molecule has 1 atom stereocenters. The Kier molecular flexibility index (Phi) is 3.69. The summed E-state index contributed by atoms with van der Waals surface area (Å²) in [6.45, 7) is 3.30. The lowest BCUT2D eigenvalue weighted by molar-refractivity contribution is 0.146. The first-order chi connectivity index (χ1) is 8.19. The molecule has 1 aromatic carbocycles. The van der Waals surface area contributed by atoms with Gasteiger partial charge in [0.05, 0.1) is 6.61 Å². The zero-order chi connectivity index (χ0) is 12.3. The van der Waals surface area contributed by atoms with Gasteiger partial charge in [-0.1, -0.05) is 12.1 Å². The zero-order valence-electron chi connectivity index (χ0n) is 10.6. The molecule has 1 saturated carbocycles. The molecule has 17 heavy (non-hydrogen) atoms. The molecule has 0 amide bonds. The van der Waals surface area contributed by atoms with Crippen LogP contribution in [-0.4, -0.2) is 26.4 Å². The molecule has 0 radical (unpaired) electrons. The van der Waals surface area contributed by atoms with Gasteiger partial charge in [0.15, 0.2) is 0 Å². The van der Waals surface area contributed by atoms with E-state index in [-0.39, 0.29) is 11.5 Å². The molecule has 0 saturated heterocycles. The van der Waals surface area contributed by atoms with Crippen LogP contribution >= 0.6 is 0 Å². The average molecular weight is 235 g/mol. The summed E-state index contributed by atoms with van der Waals surface area (Å²) in [5, 5.41) is 0. The summed E-state index contributed by atoms with van der Waals surface area (Å²) in [6, 6.07) is 8.54. The third-order valence-electron chi connectivity index (χ3n) is 3.65. The molecule has 0 aromatic heterocycles. The minimum Gasteiger partial charge on any atom is -0.491 e. The maximum atomic E-state index is 6.05. The first-order valence-electron chi connectivity index (χ1n) is 6.17. The van der Waals surface area contributed by atoms with Gasteiger partial charge in [-0.3, -0.25) is 0 Å². The summed E-state index contributed by atoms with van der Waals surface area (Å²) in [6.07, 6.45) is 2.41. The predicted molar refractivity (Wildman–Crippen MR) is 68.4 cm³/mol. The van der Waals surface area contributed by atoms with Crippen molar-refractivity contribution in [2.75, 3.05) is 20.3 Å². The van der Waals surface area contributed by atoms with Crippen LogP contribution in [0.4, 0.5) is 0 Å². The van der Waals surface area contributed by atoms with Crippen molar-refractivity contribution in [3.63, 3.8) is 0 Å². The van der Waals surface area contributed by atoms with Gasteiger partial charge in [-0.25, -0.2) is 0 Å². The van der Waals surface area contributed by atoms with Crippen LogP contribution in [0.1, 0.15) is 25.3 Å². The minimum absolute atomic E-state index is 0.225. The molecule has 2 N–H and O–H groups in total. The highest BCUT2D eigenvalue weighted by Gasteiger charge is 2.47. The second-order valence-corrected chi connectivity index (χ2v) is 4.81. The lowest BCUT2D eigenvalue weighted by Crippen LogP contribution is -2.31. The SMILES string of the molecule is COCCOc1ccc(C2(C(C)N)CC2)cc1. The van der Waals surface area contributed by atoms with E-state index in [0.29, 0.717) is 13.2 Å². The van der Waals surface area contributed by atoms with Crippen LogP contribution in [0.25, 0.3) is 0 Å². The van der Waals surface area contributed by atoms with E-state index in [4.69, 9.17) is 15.2 Å². The van der Waals surface area contributed by atoms with Crippen molar-refractivity contribution in [2.45, 2.75) is 31.2 Å². The normalized spacial score (nSPS) is 18.8. The first-order valence-corrected chi connectivity index (χ1v) is 6.17. The van der Waals surface area contributed by atoms with Gasteiger partial charge in [-0.15, -0.1) is 0 Å².